The molecule has 0 saturated carbocycles. The van der Waals surface area contributed by atoms with E-state index in [9.17, 15) is 4.79 Å². The maximum Gasteiger partial charge on any atom is 0.230 e. The molecule has 0 radical (unpaired) electrons. The summed E-state index contributed by atoms with van der Waals surface area (Å²) in [5.41, 5.74) is 2.11. The highest BCUT2D eigenvalue weighted by molar-refractivity contribution is 5.43. The van der Waals surface area contributed by atoms with Crippen LogP contribution in [-0.2, 0) is 14.4 Å². The maximum absolute atomic E-state index is 9.76. The van der Waals surface area contributed by atoms with E-state index in [0.717, 1.165) is 25.9 Å². The van der Waals surface area contributed by atoms with Gasteiger partial charge in [0.05, 0.1) is 0 Å². The van der Waals surface area contributed by atoms with E-state index >= 15 is 0 Å². The Balaban J connectivity index is 2.07. The zero-order chi connectivity index (χ0) is 7.23. The third-order valence-corrected chi connectivity index (χ3v) is 1.39. The van der Waals surface area contributed by atoms with Gasteiger partial charge in [-0.25, -0.2) is 10.3 Å². The zero-order valence-corrected chi connectivity index (χ0v) is 5.71. The topological polar surface area (TPSA) is 47.6 Å². The van der Waals surface area contributed by atoms with Gasteiger partial charge in [0, 0.05) is 13.0 Å². The molecule has 1 fully saturated rings. The predicted octanol–water partition coefficient (Wildman–Crippen LogP) is 0.191. The number of hydrogen-bond donors (Lipinski definition) is 1. The molecular formula is C6H11NO3. The van der Waals surface area contributed by atoms with Crippen LogP contribution in [0, 0.1) is 0 Å². The van der Waals surface area contributed by atoms with Gasteiger partial charge in [0.2, 0.25) is 6.41 Å². The summed E-state index contributed by atoms with van der Waals surface area (Å²) in [6.45, 7) is 0.727. The molecule has 0 aromatic carbocycles. The lowest BCUT2D eigenvalue weighted by Crippen LogP contribution is -2.28. The van der Waals surface area contributed by atoms with Crippen LogP contribution >= 0.6 is 0 Å². The van der Waals surface area contributed by atoms with E-state index < -0.39 is 0 Å². The first-order valence-electron chi connectivity index (χ1n) is 3.40. The number of amides is 1. The molecule has 0 aromatic heterocycles. The van der Waals surface area contributed by atoms with Crippen molar-refractivity contribution in [2.75, 3.05) is 6.61 Å². The Morgan fingerprint density at radius 2 is 2.50 bits per heavy atom. The van der Waals surface area contributed by atoms with Crippen LogP contribution in [0.3, 0.4) is 0 Å². The first kappa shape index (κ1) is 7.50. The standard InChI is InChI=1S/C6H11NO3/c8-5-7-10-6-3-1-2-4-9-6/h5-6H,1-4H2,(H,7,8). The number of hydrogen-bond acceptors (Lipinski definition) is 3. The van der Waals surface area contributed by atoms with E-state index in [0.29, 0.717) is 6.41 Å². The van der Waals surface area contributed by atoms with Crippen LogP contribution in [0.15, 0.2) is 0 Å². The van der Waals surface area contributed by atoms with Gasteiger partial charge in [-0.3, -0.25) is 4.79 Å². The summed E-state index contributed by atoms with van der Waals surface area (Å²) in [5.74, 6) is 0. The second kappa shape index (κ2) is 4.24. The molecule has 1 N–H and O–H groups in total. The molecule has 1 atom stereocenters. The van der Waals surface area contributed by atoms with Crippen LogP contribution in [0.25, 0.3) is 0 Å². The zero-order valence-electron chi connectivity index (χ0n) is 5.71. The molecule has 0 aromatic rings. The van der Waals surface area contributed by atoms with Crippen molar-refractivity contribution >= 4 is 6.41 Å². The van der Waals surface area contributed by atoms with Gasteiger partial charge in [0.25, 0.3) is 0 Å². The molecule has 0 aliphatic carbocycles. The van der Waals surface area contributed by atoms with E-state index in [2.05, 4.69) is 5.48 Å². The van der Waals surface area contributed by atoms with E-state index in [4.69, 9.17) is 9.57 Å². The largest absolute Gasteiger partial charge is 0.350 e. The van der Waals surface area contributed by atoms with Crippen molar-refractivity contribution in [3.8, 4) is 0 Å². The first-order valence-corrected chi connectivity index (χ1v) is 3.40. The minimum absolute atomic E-state index is 0.237. The van der Waals surface area contributed by atoms with Crippen LogP contribution in [0.1, 0.15) is 19.3 Å². The normalized spacial score (nSPS) is 25.8. The molecule has 1 amide bonds. The maximum atomic E-state index is 9.76. The van der Waals surface area contributed by atoms with Crippen molar-refractivity contribution in [3.05, 3.63) is 0 Å². The summed E-state index contributed by atoms with van der Waals surface area (Å²) >= 11 is 0. The molecule has 1 heterocycles. The Morgan fingerprint density at radius 3 is 3.10 bits per heavy atom. The van der Waals surface area contributed by atoms with Gasteiger partial charge in [-0.05, 0) is 12.8 Å². The summed E-state index contributed by atoms with van der Waals surface area (Å²) in [5, 5.41) is 0. The minimum atomic E-state index is -0.237. The Morgan fingerprint density at radius 1 is 1.60 bits per heavy atom. The third-order valence-electron chi connectivity index (χ3n) is 1.39. The summed E-state index contributed by atoms with van der Waals surface area (Å²) in [6, 6.07) is 0. The van der Waals surface area contributed by atoms with Gasteiger partial charge < -0.3 is 4.74 Å². The van der Waals surface area contributed by atoms with Crippen molar-refractivity contribution in [1.29, 1.82) is 0 Å². The third kappa shape index (κ3) is 2.33. The van der Waals surface area contributed by atoms with Crippen molar-refractivity contribution in [2.24, 2.45) is 0 Å². The summed E-state index contributed by atoms with van der Waals surface area (Å²) < 4.78 is 5.14. The number of hydroxylamine groups is 1. The molecular weight excluding hydrogens is 134 g/mol. The second-order valence-corrected chi connectivity index (χ2v) is 2.15. The number of rotatable bonds is 3. The quantitative estimate of drug-likeness (QED) is 0.455. The van der Waals surface area contributed by atoms with Crippen LogP contribution in [0.2, 0.25) is 0 Å². The molecule has 1 unspecified atom stereocenters. The fourth-order valence-electron chi connectivity index (χ4n) is 0.908. The number of nitrogens with one attached hydrogen (secondary N) is 1. The Hall–Kier alpha value is -0.610. The lowest BCUT2D eigenvalue weighted by molar-refractivity contribution is -0.195. The molecule has 1 aliphatic rings. The van der Waals surface area contributed by atoms with Crippen LogP contribution < -0.4 is 5.48 Å². The number of carbonyl (C=O) groups excluding carboxylic acids is 1. The first-order chi connectivity index (χ1) is 4.93. The van der Waals surface area contributed by atoms with Gasteiger partial charge in [0.15, 0.2) is 6.29 Å². The predicted molar refractivity (Wildman–Crippen MR) is 33.9 cm³/mol. The number of carbonyl (C=O) groups is 1. The summed E-state index contributed by atoms with van der Waals surface area (Å²) in [7, 11) is 0. The van der Waals surface area contributed by atoms with Gasteiger partial charge in [-0.1, -0.05) is 0 Å². The Kier molecular flexibility index (Phi) is 3.18. The minimum Gasteiger partial charge on any atom is -0.350 e. The van der Waals surface area contributed by atoms with Gasteiger partial charge >= 0.3 is 0 Å². The molecule has 58 valence electrons. The van der Waals surface area contributed by atoms with Gasteiger partial charge in [-0.2, -0.15) is 0 Å². The molecule has 1 saturated heterocycles. The van der Waals surface area contributed by atoms with Crippen molar-refractivity contribution in [3.63, 3.8) is 0 Å². The highest BCUT2D eigenvalue weighted by Crippen LogP contribution is 2.11. The van der Waals surface area contributed by atoms with Crippen molar-refractivity contribution < 1.29 is 14.4 Å². The molecule has 10 heavy (non-hydrogen) atoms. The van der Waals surface area contributed by atoms with Crippen molar-refractivity contribution in [1.82, 2.24) is 5.48 Å². The second-order valence-electron chi connectivity index (χ2n) is 2.15. The average Bonchev–Trinajstić information content (AvgIpc) is 2.03. The molecule has 0 bridgehead atoms. The van der Waals surface area contributed by atoms with E-state index in [1.165, 1.54) is 0 Å². The van der Waals surface area contributed by atoms with Crippen molar-refractivity contribution in [2.45, 2.75) is 25.6 Å². The SMILES string of the molecule is O=CNOC1CCCCO1. The van der Waals surface area contributed by atoms with E-state index in [1.807, 2.05) is 0 Å². The molecule has 1 rings (SSSR count). The fraction of sp³-hybridized carbons (Fsp3) is 0.833. The van der Waals surface area contributed by atoms with Crippen LogP contribution in [0.5, 0.6) is 0 Å². The fourth-order valence-corrected chi connectivity index (χ4v) is 0.908. The molecule has 4 heteroatoms. The lowest BCUT2D eigenvalue weighted by atomic mass is 10.2. The Labute approximate surface area is 59.5 Å². The molecule has 0 spiro atoms. The lowest BCUT2D eigenvalue weighted by Gasteiger charge is -2.20. The van der Waals surface area contributed by atoms with Crippen LogP contribution in [-0.4, -0.2) is 19.3 Å². The monoisotopic (exact) mass is 145 g/mol. The molecule has 1 aliphatic heterocycles. The highest BCUT2D eigenvalue weighted by Gasteiger charge is 2.13. The smallest absolute Gasteiger partial charge is 0.230 e. The average molecular weight is 145 g/mol. The summed E-state index contributed by atoms with van der Waals surface area (Å²) in [4.78, 5) is 14.5. The van der Waals surface area contributed by atoms with Crippen LogP contribution in [0.4, 0.5) is 0 Å². The van der Waals surface area contributed by atoms with E-state index in [1.54, 1.807) is 0 Å². The van der Waals surface area contributed by atoms with Gasteiger partial charge in [0.1, 0.15) is 0 Å². The van der Waals surface area contributed by atoms with Gasteiger partial charge in [-0.15, -0.1) is 0 Å². The van der Waals surface area contributed by atoms with E-state index in [-0.39, 0.29) is 6.29 Å². The summed E-state index contributed by atoms with van der Waals surface area (Å²) in [6.07, 6.45) is 3.31. The molecule has 4 nitrogen and oxygen atoms in total. The Bertz CT molecular complexity index is 101. The number of ether oxygens (including phenoxy) is 1. The highest BCUT2D eigenvalue weighted by atomic mass is 16.8.